The molecule has 0 unspecified atom stereocenters. The Morgan fingerprint density at radius 2 is 1.56 bits per heavy atom. The number of nitrogens with one attached hydrogen (secondary N) is 2. The molecule has 5 nitrogen and oxygen atoms in total. The predicted molar refractivity (Wildman–Crippen MR) is 107 cm³/mol. The summed E-state index contributed by atoms with van der Waals surface area (Å²) in [5.74, 6) is -1.18. The van der Waals surface area contributed by atoms with E-state index in [9.17, 15) is 9.90 Å². The van der Waals surface area contributed by atoms with Gasteiger partial charge in [-0.05, 0) is 37.1 Å². The van der Waals surface area contributed by atoms with Crippen LogP contribution in [0.15, 0.2) is 67.0 Å². The van der Waals surface area contributed by atoms with Crippen LogP contribution >= 0.6 is 0 Å². The van der Waals surface area contributed by atoms with Crippen molar-refractivity contribution >= 4 is 23.0 Å². The molecule has 0 fully saturated rings. The minimum atomic E-state index is -1.18. The first kappa shape index (κ1) is 20.0. The SMILES string of the molecule is CN(C)c1cc[nH+]cc1.Cc1cccc(Nc2ccccc2C(=O)[O-])c1C. The Morgan fingerprint density at radius 3 is 2.15 bits per heavy atom. The molecule has 3 rings (SSSR count). The molecule has 0 aliphatic rings. The number of nitrogens with zero attached hydrogens (tertiary/aromatic N) is 1. The third-order valence-corrected chi connectivity index (χ3v) is 4.24. The zero-order valence-electron chi connectivity index (χ0n) is 16.1. The van der Waals surface area contributed by atoms with Gasteiger partial charge in [0.2, 0.25) is 0 Å². The molecule has 0 aliphatic carbocycles. The topological polar surface area (TPSA) is 69.5 Å². The van der Waals surface area contributed by atoms with Crippen LogP contribution in [0.3, 0.4) is 0 Å². The summed E-state index contributed by atoms with van der Waals surface area (Å²) in [4.78, 5) is 16.0. The van der Waals surface area contributed by atoms with Crippen LogP contribution in [0.4, 0.5) is 17.1 Å². The number of aromatic amines is 1. The van der Waals surface area contributed by atoms with Gasteiger partial charge in [0.25, 0.3) is 0 Å². The molecule has 0 radical (unpaired) electrons. The van der Waals surface area contributed by atoms with Gasteiger partial charge in [0, 0.05) is 48.9 Å². The van der Waals surface area contributed by atoms with Gasteiger partial charge < -0.3 is 20.1 Å². The zero-order valence-corrected chi connectivity index (χ0v) is 16.1. The second-order valence-corrected chi connectivity index (χ2v) is 6.36. The van der Waals surface area contributed by atoms with Gasteiger partial charge in [0.15, 0.2) is 12.4 Å². The number of hydrogen-bond donors (Lipinski definition) is 1. The summed E-state index contributed by atoms with van der Waals surface area (Å²) in [5.41, 5.74) is 5.10. The molecule has 2 aromatic carbocycles. The monoisotopic (exact) mass is 363 g/mol. The Labute approximate surface area is 160 Å². The highest BCUT2D eigenvalue weighted by Crippen LogP contribution is 2.24. The number of aromatic nitrogens is 1. The van der Waals surface area contributed by atoms with E-state index in [0.29, 0.717) is 5.69 Å². The van der Waals surface area contributed by atoms with Gasteiger partial charge >= 0.3 is 0 Å². The van der Waals surface area contributed by atoms with Crippen molar-refractivity contribution in [2.45, 2.75) is 13.8 Å². The minimum absolute atomic E-state index is 0.165. The Kier molecular flexibility index (Phi) is 6.94. The summed E-state index contributed by atoms with van der Waals surface area (Å²) in [5, 5.41) is 14.2. The number of hydrogen-bond acceptors (Lipinski definition) is 4. The van der Waals surface area contributed by atoms with Crippen LogP contribution in [0.1, 0.15) is 21.5 Å². The van der Waals surface area contributed by atoms with Gasteiger partial charge in [0.05, 0.1) is 5.97 Å². The average molecular weight is 363 g/mol. The first-order valence-corrected chi connectivity index (χ1v) is 8.67. The van der Waals surface area contributed by atoms with Crippen molar-refractivity contribution in [2.24, 2.45) is 0 Å². The Morgan fingerprint density at radius 1 is 0.926 bits per heavy atom. The molecule has 0 atom stereocenters. The molecule has 1 aromatic heterocycles. The van der Waals surface area contributed by atoms with E-state index in [2.05, 4.69) is 15.2 Å². The first-order valence-electron chi connectivity index (χ1n) is 8.67. The molecule has 140 valence electrons. The molecule has 1 heterocycles. The van der Waals surface area contributed by atoms with Crippen molar-refractivity contribution in [1.29, 1.82) is 0 Å². The maximum absolute atomic E-state index is 11.0. The maximum Gasteiger partial charge on any atom is 0.169 e. The number of carbonyl (C=O) groups excluding carboxylic acids is 1. The van der Waals surface area contributed by atoms with Crippen molar-refractivity contribution in [3.05, 3.63) is 83.7 Å². The number of carbonyl (C=O) groups is 1. The van der Waals surface area contributed by atoms with Crippen LogP contribution in [0.25, 0.3) is 0 Å². The van der Waals surface area contributed by atoms with Crippen LogP contribution in [-0.4, -0.2) is 20.1 Å². The third kappa shape index (κ3) is 5.57. The second-order valence-electron chi connectivity index (χ2n) is 6.36. The van der Waals surface area contributed by atoms with Crippen LogP contribution in [0, 0.1) is 13.8 Å². The van der Waals surface area contributed by atoms with Crippen molar-refractivity contribution in [3.8, 4) is 0 Å². The molecule has 0 aliphatic heterocycles. The van der Waals surface area contributed by atoms with Crippen LogP contribution in [0.5, 0.6) is 0 Å². The summed E-state index contributed by atoms with van der Waals surface area (Å²) in [6.07, 6.45) is 3.82. The van der Waals surface area contributed by atoms with E-state index in [1.54, 1.807) is 18.2 Å². The number of carboxylic acids is 1. The quantitative estimate of drug-likeness (QED) is 0.774. The number of aromatic carboxylic acids is 1. The number of anilines is 3. The molecule has 0 saturated carbocycles. The molecule has 3 aromatic rings. The van der Waals surface area contributed by atoms with Crippen molar-refractivity contribution < 1.29 is 14.9 Å². The average Bonchev–Trinajstić information content (AvgIpc) is 2.67. The molecule has 0 saturated heterocycles. The van der Waals surface area contributed by atoms with E-state index in [-0.39, 0.29) is 5.56 Å². The van der Waals surface area contributed by atoms with E-state index in [1.807, 2.05) is 70.7 Å². The van der Waals surface area contributed by atoms with Crippen LogP contribution < -0.4 is 20.3 Å². The lowest BCUT2D eigenvalue weighted by atomic mass is 10.1. The fourth-order valence-electron chi connectivity index (χ4n) is 2.48. The van der Waals surface area contributed by atoms with E-state index >= 15 is 0 Å². The van der Waals surface area contributed by atoms with E-state index in [4.69, 9.17) is 0 Å². The number of rotatable bonds is 4. The second kappa shape index (κ2) is 9.38. The van der Waals surface area contributed by atoms with E-state index in [1.165, 1.54) is 11.8 Å². The summed E-state index contributed by atoms with van der Waals surface area (Å²) in [6.45, 7) is 4.02. The van der Waals surface area contributed by atoms with Gasteiger partial charge in [-0.3, -0.25) is 0 Å². The lowest BCUT2D eigenvalue weighted by Crippen LogP contribution is -2.23. The number of pyridine rings is 1. The normalized spacial score (nSPS) is 9.78. The molecule has 0 bridgehead atoms. The van der Waals surface area contributed by atoms with Gasteiger partial charge in [-0.15, -0.1) is 0 Å². The fraction of sp³-hybridized carbons (Fsp3) is 0.182. The molecular weight excluding hydrogens is 338 g/mol. The summed E-state index contributed by atoms with van der Waals surface area (Å²) < 4.78 is 0. The standard InChI is InChI=1S/C15H15NO2.C7H10N2/c1-10-6-5-9-13(11(10)2)16-14-8-4-3-7-12(14)15(17)18;1-9(2)7-3-5-8-6-4-7/h3-9,16H,1-2H3,(H,17,18);3-6H,1-2H3. The summed E-state index contributed by atoms with van der Waals surface area (Å²) in [7, 11) is 4.05. The Hall–Kier alpha value is -3.34. The van der Waals surface area contributed by atoms with Crippen LogP contribution in [0.2, 0.25) is 0 Å². The number of benzene rings is 2. The van der Waals surface area contributed by atoms with E-state index in [0.717, 1.165) is 16.8 Å². The highest BCUT2D eigenvalue weighted by Gasteiger charge is 2.05. The lowest BCUT2D eigenvalue weighted by Gasteiger charge is -2.15. The lowest BCUT2D eigenvalue weighted by molar-refractivity contribution is -0.377. The fourth-order valence-corrected chi connectivity index (χ4v) is 2.48. The Bertz CT molecular complexity index is 893. The number of H-pyrrole nitrogens is 1. The van der Waals surface area contributed by atoms with Crippen molar-refractivity contribution in [2.75, 3.05) is 24.3 Å². The van der Waals surface area contributed by atoms with E-state index < -0.39 is 5.97 Å². The molecule has 27 heavy (non-hydrogen) atoms. The minimum Gasteiger partial charge on any atom is -0.545 e. The smallest absolute Gasteiger partial charge is 0.169 e. The molecule has 0 spiro atoms. The van der Waals surface area contributed by atoms with Gasteiger partial charge in [0.1, 0.15) is 0 Å². The molecular formula is C22H25N3O2. The maximum atomic E-state index is 11.0. The third-order valence-electron chi connectivity index (χ3n) is 4.24. The number of carboxylic acid groups (broad SMARTS) is 1. The van der Waals surface area contributed by atoms with Gasteiger partial charge in [-0.1, -0.05) is 30.3 Å². The first-order chi connectivity index (χ1) is 12.9. The largest absolute Gasteiger partial charge is 0.545 e. The predicted octanol–water partition coefficient (Wildman–Crippen LogP) is 2.98. The highest BCUT2D eigenvalue weighted by atomic mass is 16.4. The van der Waals surface area contributed by atoms with Gasteiger partial charge in [-0.25, -0.2) is 4.98 Å². The van der Waals surface area contributed by atoms with Crippen molar-refractivity contribution in [3.63, 3.8) is 0 Å². The number of aryl methyl sites for hydroxylation is 1. The zero-order chi connectivity index (χ0) is 19.8. The Balaban J connectivity index is 0.000000244. The molecule has 2 N–H and O–H groups in total. The van der Waals surface area contributed by atoms with Crippen molar-refractivity contribution in [1.82, 2.24) is 0 Å². The highest BCUT2D eigenvalue weighted by molar-refractivity contribution is 5.93. The molecule has 5 heteroatoms. The summed E-state index contributed by atoms with van der Waals surface area (Å²) in [6, 6.07) is 16.7. The van der Waals surface area contributed by atoms with Crippen LogP contribution in [-0.2, 0) is 0 Å². The number of para-hydroxylation sites is 1. The molecule has 0 amide bonds. The van der Waals surface area contributed by atoms with Gasteiger partial charge in [-0.2, -0.15) is 0 Å². The summed E-state index contributed by atoms with van der Waals surface area (Å²) >= 11 is 0.